The number of fused-ring (bicyclic) bond motifs is 1. The van der Waals surface area contributed by atoms with Gasteiger partial charge < -0.3 is 36.0 Å². The zero-order chi connectivity index (χ0) is 36.3. The van der Waals surface area contributed by atoms with Crippen LogP contribution in [-0.4, -0.2) is 43.8 Å². The molecular formula is C38H31F2N3O7S. The molecular weight excluding hydrogens is 680 g/mol. The molecule has 2 heterocycles. The Morgan fingerprint density at radius 2 is 1.63 bits per heavy atom. The summed E-state index contributed by atoms with van der Waals surface area (Å²) >= 11 is 1.33. The summed E-state index contributed by atoms with van der Waals surface area (Å²) in [5.74, 6) is -5.03. The van der Waals surface area contributed by atoms with E-state index in [1.807, 2.05) is 0 Å². The summed E-state index contributed by atoms with van der Waals surface area (Å²) < 4.78 is 30.2. The Balaban J connectivity index is 1.12. The van der Waals surface area contributed by atoms with Gasteiger partial charge in [0.25, 0.3) is 5.91 Å². The maximum Gasteiger partial charge on any atom is 0.345 e. The van der Waals surface area contributed by atoms with Crippen molar-refractivity contribution >= 4 is 34.1 Å². The first-order chi connectivity index (χ1) is 24.5. The number of hydrogen-bond acceptors (Lipinski definition) is 8. The van der Waals surface area contributed by atoms with E-state index in [4.69, 9.17) is 0 Å². The molecule has 0 bridgehead atoms. The van der Waals surface area contributed by atoms with Crippen molar-refractivity contribution in [2.24, 2.45) is 0 Å². The van der Waals surface area contributed by atoms with Gasteiger partial charge in [-0.15, -0.1) is 11.3 Å². The highest BCUT2D eigenvalue weighted by Gasteiger charge is 2.40. The number of pyridine rings is 1. The predicted molar refractivity (Wildman–Crippen MR) is 187 cm³/mol. The van der Waals surface area contributed by atoms with Gasteiger partial charge >= 0.3 is 5.97 Å². The molecule has 2 aromatic heterocycles. The molecule has 0 aliphatic rings. The first-order valence-corrected chi connectivity index (χ1v) is 16.5. The molecule has 13 heteroatoms. The number of rotatable bonds is 12. The number of aromatic nitrogens is 1. The zero-order valence-electron chi connectivity index (χ0n) is 26.7. The number of phenols is 1. The van der Waals surface area contributed by atoms with Crippen LogP contribution in [0, 0.1) is 11.6 Å². The molecule has 0 aliphatic heterocycles. The van der Waals surface area contributed by atoms with Crippen molar-refractivity contribution in [3.63, 3.8) is 0 Å². The molecule has 4 aromatic carbocycles. The quantitative estimate of drug-likeness (QED) is 0.0895. The normalized spacial score (nSPS) is 13.1. The number of aliphatic hydroxyl groups excluding tert-OH is 1. The molecule has 0 aliphatic carbocycles. The number of thiophene rings is 1. The number of nitrogens with one attached hydrogen (secondary N) is 3. The summed E-state index contributed by atoms with van der Waals surface area (Å²) in [5.41, 5.74) is -1.20. The Morgan fingerprint density at radius 3 is 2.39 bits per heavy atom. The van der Waals surface area contributed by atoms with Crippen LogP contribution in [0.3, 0.4) is 0 Å². The van der Waals surface area contributed by atoms with Crippen LogP contribution >= 0.6 is 11.3 Å². The number of aliphatic hydroxyl groups is 2. The lowest BCUT2D eigenvalue weighted by atomic mass is 9.85. The largest absolute Gasteiger partial charge is 0.506 e. The highest BCUT2D eigenvalue weighted by molar-refractivity contribution is 7.13. The van der Waals surface area contributed by atoms with Crippen molar-refractivity contribution in [1.29, 1.82) is 0 Å². The summed E-state index contributed by atoms with van der Waals surface area (Å²) in [6, 6.07) is 24.2. The summed E-state index contributed by atoms with van der Waals surface area (Å²) in [5, 5.41) is 49.8. The van der Waals surface area contributed by atoms with Gasteiger partial charge in [0.05, 0.1) is 17.2 Å². The lowest BCUT2D eigenvalue weighted by Crippen LogP contribution is -2.36. The number of carbonyl (C=O) groups is 2. The van der Waals surface area contributed by atoms with Crippen LogP contribution in [0.25, 0.3) is 21.3 Å². The summed E-state index contributed by atoms with van der Waals surface area (Å²) in [7, 11) is 0. The molecule has 6 aromatic rings. The lowest BCUT2D eigenvalue weighted by molar-refractivity contribution is -0.155. The third kappa shape index (κ3) is 7.00. The number of aromatic hydroxyl groups is 1. The monoisotopic (exact) mass is 711 g/mol. The average molecular weight is 712 g/mol. The zero-order valence-corrected chi connectivity index (χ0v) is 27.5. The molecule has 0 saturated heterocycles. The minimum atomic E-state index is -2.31. The van der Waals surface area contributed by atoms with Gasteiger partial charge in [0.1, 0.15) is 5.75 Å². The smallest absolute Gasteiger partial charge is 0.345 e. The third-order valence-corrected chi connectivity index (χ3v) is 9.56. The fourth-order valence-electron chi connectivity index (χ4n) is 5.88. The van der Waals surface area contributed by atoms with Crippen LogP contribution in [0.5, 0.6) is 5.75 Å². The van der Waals surface area contributed by atoms with Crippen LogP contribution < -0.4 is 16.2 Å². The number of halogens is 2. The number of carboxylic acid groups (broad SMARTS) is 1. The molecule has 7 N–H and O–H groups in total. The summed E-state index contributed by atoms with van der Waals surface area (Å²) in [4.78, 5) is 40.1. The van der Waals surface area contributed by atoms with Crippen molar-refractivity contribution in [1.82, 2.24) is 15.6 Å². The molecule has 0 spiro atoms. The Hall–Kier alpha value is -5.73. The van der Waals surface area contributed by atoms with E-state index in [0.717, 1.165) is 0 Å². The second-order valence-electron chi connectivity index (χ2n) is 11.8. The van der Waals surface area contributed by atoms with Gasteiger partial charge in [-0.2, -0.15) is 0 Å². The van der Waals surface area contributed by atoms with E-state index >= 15 is 8.78 Å². The maximum atomic E-state index is 15.1. The Kier molecular flexibility index (Phi) is 10.1. The van der Waals surface area contributed by atoms with Crippen LogP contribution in [0.15, 0.2) is 107 Å². The van der Waals surface area contributed by atoms with Crippen molar-refractivity contribution < 1.29 is 38.8 Å². The minimum Gasteiger partial charge on any atom is -0.506 e. The summed E-state index contributed by atoms with van der Waals surface area (Å²) in [6.45, 7) is -0.297. The Labute approximate surface area is 293 Å². The molecule has 10 nitrogen and oxygen atoms in total. The number of benzene rings is 4. The number of aromatic amines is 1. The second-order valence-corrected chi connectivity index (χ2v) is 12.7. The van der Waals surface area contributed by atoms with E-state index in [9.17, 15) is 34.8 Å². The Bertz CT molecular complexity index is 2310. The van der Waals surface area contributed by atoms with Gasteiger partial charge in [-0.3, -0.25) is 9.59 Å². The molecule has 260 valence electrons. The Morgan fingerprint density at radius 1 is 0.863 bits per heavy atom. The lowest BCUT2D eigenvalue weighted by Gasteiger charge is -2.25. The number of carbonyl (C=O) groups excluding carboxylic acids is 1. The van der Waals surface area contributed by atoms with E-state index in [2.05, 4.69) is 15.6 Å². The molecule has 6 rings (SSSR count). The fourth-order valence-corrected chi connectivity index (χ4v) is 6.80. The average Bonchev–Trinajstić information content (AvgIpc) is 3.61. The van der Waals surface area contributed by atoms with E-state index < -0.39 is 46.3 Å². The van der Waals surface area contributed by atoms with Gasteiger partial charge in [0, 0.05) is 47.1 Å². The highest BCUT2D eigenvalue weighted by Crippen LogP contribution is 2.36. The topological polar surface area (TPSA) is 172 Å². The SMILES string of the molecule is O=C(NCc1ccsc1-c1cccc([C@](O)(C(=O)O)c2ccccc2)c1)c1ccc(CNC[C@H](O)c2ccc(O)c3[nH]c(=O)ccc23)c(F)c1F. The van der Waals surface area contributed by atoms with Crippen LogP contribution in [0.2, 0.25) is 0 Å². The molecule has 0 saturated carbocycles. The van der Waals surface area contributed by atoms with Gasteiger partial charge in [0.15, 0.2) is 11.6 Å². The second kappa shape index (κ2) is 14.6. The standard InChI is InChI=1S/C38H31F2N3O7S/c39-32-22(18-41-20-30(45)26-11-13-29(44)34-27(26)12-14-31(46)43-34)9-10-28(33(32)40)36(47)42-19-23-15-16-51-35(23)21-5-4-8-25(17-21)38(50,37(48)49)24-6-2-1-3-7-24/h1-17,30,41,44-45,50H,18-20H2,(H,42,47)(H,43,46)(H,48,49)/t30-,38-/m0/s1. The van der Waals surface area contributed by atoms with E-state index in [1.54, 1.807) is 47.8 Å². The minimum absolute atomic E-state index is 0.0497. The molecule has 51 heavy (non-hydrogen) atoms. The number of amides is 1. The molecule has 0 radical (unpaired) electrons. The molecule has 0 fully saturated rings. The van der Waals surface area contributed by atoms with Crippen molar-refractivity contribution in [2.45, 2.75) is 24.8 Å². The van der Waals surface area contributed by atoms with Crippen molar-refractivity contribution in [3.8, 4) is 16.2 Å². The van der Waals surface area contributed by atoms with E-state index in [-0.39, 0.29) is 47.6 Å². The van der Waals surface area contributed by atoms with Crippen LogP contribution in [-0.2, 0) is 23.5 Å². The first-order valence-electron chi connectivity index (χ1n) is 15.7. The number of aliphatic carboxylic acids is 1. The van der Waals surface area contributed by atoms with E-state index in [1.165, 1.54) is 65.9 Å². The molecule has 1 amide bonds. The highest BCUT2D eigenvalue weighted by atomic mass is 32.1. The third-order valence-electron chi connectivity index (χ3n) is 8.56. The van der Waals surface area contributed by atoms with Crippen LogP contribution in [0.4, 0.5) is 8.78 Å². The predicted octanol–water partition coefficient (Wildman–Crippen LogP) is 5.31. The van der Waals surface area contributed by atoms with Crippen molar-refractivity contribution in [3.05, 3.63) is 158 Å². The number of carboxylic acids is 1. The van der Waals surface area contributed by atoms with Gasteiger partial charge in [-0.1, -0.05) is 60.7 Å². The van der Waals surface area contributed by atoms with Crippen molar-refractivity contribution in [2.75, 3.05) is 6.54 Å². The first kappa shape index (κ1) is 35.1. The number of phenolic OH excluding ortho intramolecular Hbond substituents is 1. The summed E-state index contributed by atoms with van der Waals surface area (Å²) in [6.07, 6.45) is -1.12. The van der Waals surface area contributed by atoms with Gasteiger partial charge in [-0.05, 0) is 58.0 Å². The molecule has 2 atom stereocenters. The molecule has 0 unspecified atom stereocenters. The fraction of sp³-hybridized carbons (Fsp3) is 0.132. The number of hydrogen-bond donors (Lipinski definition) is 7. The maximum absolute atomic E-state index is 15.1. The van der Waals surface area contributed by atoms with E-state index in [0.29, 0.717) is 27.0 Å². The van der Waals surface area contributed by atoms with Crippen LogP contribution in [0.1, 0.15) is 44.3 Å². The van der Waals surface area contributed by atoms with Gasteiger partial charge in [0.2, 0.25) is 11.2 Å². The number of H-pyrrole nitrogens is 1. The van der Waals surface area contributed by atoms with Gasteiger partial charge in [-0.25, -0.2) is 13.6 Å².